The van der Waals surface area contributed by atoms with Gasteiger partial charge in [0.1, 0.15) is 0 Å². The van der Waals surface area contributed by atoms with Crippen LogP contribution in [0, 0.1) is 36.0 Å². The van der Waals surface area contributed by atoms with Crippen molar-refractivity contribution < 1.29 is 0 Å². The molecule has 28 heavy (non-hydrogen) atoms. The van der Waals surface area contributed by atoms with Gasteiger partial charge < -0.3 is 0 Å². The highest BCUT2D eigenvalue weighted by molar-refractivity contribution is 5.48. The largest absolute Gasteiger partial charge is 0.0840 e. The Balaban J connectivity index is 1.68. The van der Waals surface area contributed by atoms with Gasteiger partial charge in [-0.2, -0.15) is 0 Å². The highest BCUT2D eigenvalue weighted by atomic mass is 14.6. The van der Waals surface area contributed by atoms with E-state index in [4.69, 9.17) is 0 Å². The van der Waals surface area contributed by atoms with E-state index in [0.717, 1.165) is 5.92 Å². The maximum absolute atomic E-state index is 2.58. The van der Waals surface area contributed by atoms with Crippen molar-refractivity contribution >= 4 is 0 Å². The highest BCUT2D eigenvalue weighted by Gasteiger charge is 2.56. The lowest BCUT2D eigenvalue weighted by Crippen LogP contribution is -2.22. The maximum atomic E-state index is 2.58. The van der Waals surface area contributed by atoms with Gasteiger partial charge in [-0.15, -0.1) is 0 Å². The van der Waals surface area contributed by atoms with Crippen LogP contribution in [0.4, 0.5) is 0 Å². The fourth-order valence-electron chi connectivity index (χ4n) is 5.67. The summed E-state index contributed by atoms with van der Waals surface area (Å²) in [5.41, 5.74) is 8.09. The minimum Gasteiger partial charge on any atom is -0.0840 e. The zero-order chi connectivity index (χ0) is 20.1. The Bertz CT molecular complexity index is 850. The van der Waals surface area contributed by atoms with Crippen LogP contribution in [0.2, 0.25) is 0 Å². The molecule has 4 rings (SSSR count). The van der Waals surface area contributed by atoms with Gasteiger partial charge in [0.05, 0.1) is 0 Å². The molecule has 148 valence electrons. The van der Waals surface area contributed by atoms with Crippen LogP contribution < -0.4 is 0 Å². The fraction of sp³-hybridized carbons (Fsp3) is 0.500. The second kappa shape index (κ2) is 7.21. The summed E-state index contributed by atoms with van der Waals surface area (Å²) in [6.45, 7) is 14.1. The third kappa shape index (κ3) is 3.59. The van der Waals surface area contributed by atoms with Crippen molar-refractivity contribution in [1.82, 2.24) is 0 Å². The number of hydrogen-bond donors (Lipinski definition) is 0. The maximum Gasteiger partial charge on any atom is -0.00479 e. The van der Waals surface area contributed by atoms with Gasteiger partial charge in [-0.1, -0.05) is 92.1 Å². The van der Waals surface area contributed by atoms with Crippen molar-refractivity contribution in [1.29, 1.82) is 0 Å². The fourth-order valence-corrected chi connectivity index (χ4v) is 5.67. The molecule has 1 aromatic carbocycles. The van der Waals surface area contributed by atoms with E-state index in [9.17, 15) is 0 Å². The van der Waals surface area contributed by atoms with E-state index in [1.165, 1.54) is 24.0 Å². The summed E-state index contributed by atoms with van der Waals surface area (Å²) in [6.07, 6.45) is 14.3. The number of rotatable bonds is 3. The van der Waals surface area contributed by atoms with Crippen molar-refractivity contribution in [2.24, 2.45) is 29.1 Å². The topological polar surface area (TPSA) is 0 Å². The second-order valence-corrected chi connectivity index (χ2v) is 10.5. The van der Waals surface area contributed by atoms with Gasteiger partial charge in [0, 0.05) is 0 Å². The Morgan fingerprint density at radius 2 is 1.61 bits per heavy atom. The number of benzene rings is 1. The van der Waals surface area contributed by atoms with E-state index in [1.54, 1.807) is 16.7 Å². The van der Waals surface area contributed by atoms with Crippen molar-refractivity contribution in [3.8, 4) is 0 Å². The Hall–Kier alpha value is -1.82. The zero-order valence-corrected chi connectivity index (χ0v) is 18.5. The molecule has 1 saturated carbocycles. The first-order valence-corrected chi connectivity index (χ1v) is 11.1. The molecule has 0 N–H and O–H groups in total. The Kier molecular flexibility index (Phi) is 5.02. The number of aryl methyl sites for hydroxylation is 1. The van der Waals surface area contributed by atoms with Crippen LogP contribution in [0.15, 0.2) is 71.4 Å². The first kappa shape index (κ1) is 19.5. The quantitative estimate of drug-likeness (QED) is 0.508. The van der Waals surface area contributed by atoms with Crippen LogP contribution in [0.1, 0.15) is 64.5 Å². The molecule has 3 aliphatic rings. The molecule has 0 aromatic heterocycles. The average Bonchev–Trinajstić information content (AvgIpc) is 3.36. The van der Waals surface area contributed by atoms with E-state index < -0.39 is 0 Å². The predicted octanol–water partition coefficient (Wildman–Crippen LogP) is 7.79. The molecule has 3 aliphatic carbocycles. The Morgan fingerprint density at radius 1 is 0.893 bits per heavy atom. The van der Waals surface area contributed by atoms with Crippen LogP contribution in [-0.4, -0.2) is 0 Å². The lowest BCUT2D eigenvalue weighted by Gasteiger charge is -2.34. The first-order chi connectivity index (χ1) is 13.3. The molecule has 5 unspecified atom stereocenters. The summed E-state index contributed by atoms with van der Waals surface area (Å²) >= 11 is 0. The molecule has 0 amide bonds. The van der Waals surface area contributed by atoms with Crippen LogP contribution in [0.3, 0.4) is 0 Å². The average molecular weight is 373 g/mol. The third-order valence-electron chi connectivity index (χ3n) is 7.35. The Labute approximate surface area is 172 Å². The highest BCUT2D eigenvalue weighted by Crippen LogP contribution is 2.64. The molecular formula is C28H36. The van der Waals surface area contributed by atoms with Gasteiger partial charge in [0.25, 0.3) is 0 Å². The van der Waals surface area contributed by atoms with Crippen molar-refractivity contribution in [2.45, 2.75) is 60.3 Å². The monoisotopic (exact) mass is 372 g/mol. The molecule has 0 saturated heterocycles. The standard InChI is InChI=1S/C28H36/c1-18-12-14-22(15-13-18)26-25(21-10-8-7-9-11-21)27(26)24-19(2)16-23(17-20(24)3)28(4,5)6/h7-10,12-16,21,23,25-27H,11,17H2,1-6H3. The normalized spacial score (nSPS) is 32.5. The van der Waals surface area contributed by atoms with Gasteiger partial charge in [-0.25, -0.2) is 0 Å². The first-order valence-electron chi connectivity index (χ1n) is 11.1. The molecule has 0 bridgehead atoms. The van der Waals surface area contributed by atoms with Gasteiger partial charge in [-0.3, -0.25) is 0 Å². The molecular weight excluding hydrogens is 336 g/mol. The molecule has 0 radical (unpaired) electrons. The van der Waals surface area contributed by atoms with Gasteiger partial charge in [0.2, 0.25) is 0 Å². The molecule has 0 spiro atoms. The summed E-state index contributed by atoms with van der Waals surface area (Å²) in [5.74, 6) is 3.42. The van der Waals surface area contributed by atoms with E-state index in [-0.39, 0.29) is 0 Å². The van der Waals surface area contributed by atoms with Crippen LogP contribution >= 0.6 is 0 Å². The van der Waals surface area contributed by atoms with E-state index in [0.29, 0.717) is 29.1 Å². The summed E-state index contributed by atoms with van der Waals surface area (Å²) in [7, 11) is 0. The summed E-state index contributed by atoms with van der Waals surface area (Å²) < 4.78 is 0. The molecule has 1 aromatic rings. The van der Waals surface area contributed by atoms with Gasteiger partial charge in [-0.05, 0) is 79.8 Å². The summed E-state index contributed by atoms with van der Waals surface area (Å²) in [5, 5.41) is 0. The lowest BCUT2D eigenvalue weighted by molar-refractivity contribution is 0.286. The van der Waals surface area contributed by atoms with Crippen molar-refractivity contribution in [3.05, 3.63) is 82.5 Å². The smallest absolute Gasteiger partial charge is 0.00479 e. The minimum absolute atomic E-state index is 0.338. The molecule has 1 fully saturated rings. The summed E-state index contributed by atoms with van der Waals surface area (Å²) in [6, 6.07) is 9.34. The van der Waals surface area contributed by atoms with E-state index in [2.05, 4.69) is 96.2 Å². The lowest BCUT2D eigenvalue weighted by atomic mass is 9.71. The number of allylic oxidation sites excluding steroid dienone is 8. The van der Waals surface area contributed by atoms with Crippen molar-refractivity contribution in [3.63, 3.8) is 0 Å². The third-order valence-corrected chi connectivity index (χ3v) is 7.35. The van der Waals surface area contributed by atoms with Crippen LogP contribution in [0.5, 0.6) is 0 Å². The number of hydrogen-bond acceptors (Lipinski definition) is 0. The molecule has 5 atom stereocenters. The van der Waals surface area contributed by atoms with Gasteiger partial charge >= 0.3 is 0 Å². The van der Waals surface area contributed by atoms with E-state index in [1.807, 2.05) is 0 Å². The van der Waals surface area contributed by atoms with Gasteiger partial charge in [0.15, 0.2) is 0 Å². The zero-order valence-electron chi connectivity index (χ0n) is 18.5. The molecule has 0 aliphatic heterocycles. The second-order valence-electron chi connectivity index (χ2n) is 10.5. The minimum atomic E-state index is 0.338. The molecule has 0 heteroatoms. The molecule has 0 heterocycles. The molecule has 0 nitrogen and oxygen atoms in total. The van der Waals surface area contributed by atoms with Crippen molar-refractivity contribution in [2.75, 3.05) is 0 Å². The Morgan fingerprint density at radius 3 is 2.18 bits per heavy atom. The van der Waals surface area contributed by atoms with E-state index >= 15 is 0 Å². The predicted molar refractivity (Wildman–Crippen MR) is 121 cm³/mol. The SMILES string of the molecule is CC1=CC(C(C)(C)C)CC(C)=C1C1C(c2ccc(C)cc2)C1C1C=CC=CC1. The summed E-state index contributed by atoms with van der Waals surface area (Å²) in [4.78, 5) is 0. The van der Waals surface area contributed by atoms with Crippen LogP contribution in [-0.2, 0) is 0 Å². The van der Waals surface area contributed by atoms with Crippen LogP contribution in [0.25, 0.3) is 0 Å².